The topological polar surface area (TPSA) is 143 Å². The molecule has 3 saturated heterocycles. The summed E-state index contributed by atoms with van der Waals surface area (Å²) >= 11 is 6.49. The van der Waals surface area contributed by atoms with Crippen molar-refractivity contribution in [1.29, 1.82) is 0 Å². The van der Waals surface area contributed by atoms with Gasteiger partial charge in [0.05, 0.1) is 41.8 Å². The summed E-state index contributed by atoms with van der Waals surface area (Å²) in [7, 11) is 1.90. The molecule has 3 aliphatic rings. The largest absolute Gasteiger partial charge is 0.338 e. The minimum atomic E-state index is -1.03. The van der Waals surface area contributed by atoms with Crippen molar-refractivity contribution in [2.45, 2.75) is 70.0 Å². The molecule has 3 fully saturated rings. The van der Waals surface area contributed by atoms with E-state index in [1.54, 1.807) is 16.8 Å². The maximum atomic E-state index is 15.8. The summed E-state index contributed by atoms with van der Waals surface area (Å²) in [5, 5.41) is 12.5. The fourth-order valence-electron chi connectivity index (χ4n) is 8.34. The maximum Gasteiger partial charge on any atom is 0.252 e. The molecule has 0 aliphatic carbocycles. The Morgan fingerprint density at radius 2 is 1.81 bits per heavy atom. The van der Waals surface area contributed by atoms with Gasteiger partial charge >= 0.3 is 0 Å². The van der Waals surface area contributed by atoms with Gasteiger partial charge in [-0.25, -0.2) is 14.4 Å². The number of benzene rings is 1. The number of alkyl halides is 1. The Kier molecular flexibility index (Phi) is 9.82. The minimum Gasteiger partial charge on any atom is -0.338 e. The van der Waals surface area contributed by atoms with Crippen LogP contribution in [0.15, 0.2) is 53.6 Å². The molecule has 2 N–H and O–H groups in total. The summed E-state index contributed by atoms with van der Waals surface area (Å²) in [4.78, 5) is 54.6. The predicted octanol–water partition coefficient (Wildman–Crippen LogP) is 5.62. The number of carbonyl (C=O) groups is 2. The molecule has 3 atom stereocenters. The van der Waals surface area contributed by atoms with Crippen LogP contribution in [0.4, 0.5) is 21.8 Å². The molecular formula is C39H44ClFN10O3. The average molecular weight is 755 g/mol. The molecular weight excluding hydrogens is 711 g/mol. The first-order chi connectivity index (χ1) is 26.0. The first-order valence-corrected chi connectivity index (χ1v) is 19.1. The van der Waals surface area contributed by atoms with Crippen molar-refractivity contribution in [2.24, 2.45) is 13.0 Å². The number of halogens is 2. The van der Waals surface area contributed by atoms with Crippen LogP contribution in [0.1, 0.15) is 75.1 Å². The first-order valence-electron chi connectivity index (χ1n) is 18.7. The van der Waals surface area contributed by atoms with E-state index in [9.17, 15) is 14.4 Å². The van der Waals surface area contributed by atoms with E-state index in [2.05, 4.69) is 48.7 Å². The Bertz CT molecular complexity index is 2300. The third kappa shape index (κ3) is 7.04. The number of pyridine rings is 2. The number of hydrogen-bond acceptors (Lipinski definition) is 10. The standard InChI is InChI=1S/C39H44ClFN10O3/c1-22(2)51-34(53)9-5-25-16-27(18-42-37(25)51)44-36-30(40)19-43-39(46-36)50-15-12-26(31(41)21-50)20-49-13-10-23(11-14-49)24-4-6-28-32(17-24)48(3)47-35(28)29-7-8-33(52)45-38(29)54/h4-6,9,16-19,22-23,26,29,31H,7-8,10-15,20-21H2,1-3H3,(H,43,44,46)(H,45,52,54)/t26-,29?,31-/m0/s1. The minimum absolute atomic E-state index is 0.0344. The van der Waals surface area contributed by atoms with E-state index in [0.717, 1.165) is 47.9 Å². The number of amides is 2. The van der Waals surface area contributed by atoms with Crippen molar-refractivity contribution in [3.05, 3.63) is 75.4 Å². The van der Waals surface area contributed by atoms with Crippen molar-refractivity contribution in [3.8, 4) is 0 Å². The summed E-state index contributed by atoms with van der Waals surface area (Å²) in [6.07, 6.45) is 5.60. The van der Waals surface area contributed by atoms with Gasteiger partial charge in [-0.05, 0) is 82.3 Å². The summed E-state index contributed by atoms with van der Waals surface area (Å²) in [5.41, 5.74) is 4.12. The fraction of sp³-hybridized carbons (Fsp3) is 0.462. The lowest BCUT2D eigenvalue weighted by molar-refractivity contribution is -0.134. The van der Waals surface area contributed by atoms with E-state index in [1.165, 1.54) is 17.8 Å². The number of likely N-dealkylation sites (tertiary alicyclic amines) is 1. The summed E-state index contributed by atoms with van der Waals surface area (Å²) in [6.45, 7) is 7.25. The molecule has 4 aromatic heterocycles. The van der Waals surface area contributed by atoms with Crippen molar-refractivity contribution in [1.82, 2.24) is 39.5 Å². The molecule has 54 heavy (non-hydrogen) atoms. The number of anilines is 3. The fourth-order valence-corrected chi connectivity index (χ4v) is 8.47. The molecule has 1 aromatic carbocycles. The molecule has 0 bridgehead atoms. The van der Waals surface area contributed by atoms with Crippen LogP contribution in [0, 0.1) is 5.92 Å². The predicted molar refractivity (Wildman–Crippen MR) is 206 cm³/mol. The van der Waals surface area contributed by atoms with E-state index in [1.807, 2.05) is 36.5 Å². The Balaban J connectivity index is 0.867. The number of aromatic nitrogens is 6. The SMILES string of the molecule is CC(C)n1c(=O)ccc2cc(Nc3nc(N4CC[C@@H](CN5CCC(c6ccc7c(C8CCC(=O)NC8=O)nn(C)c7c6)CC5)[C@@H](F)C4)ncc3Cl)cnc21. The van der Waals surface area contributed by atoms with Crippen LogP contribution in [0.25, 0.3) is 21.9 Å². The Hall–Kier alpha value is -4.95. The highest BCUT2D eigenvalue weighted by Crippen LogP contribution is 2.36. The van der Waals surface area contributed by atoms with Crippen LogP contribution in [-0.4, -0.2) is 84.9 Å². The zero-order valence-corrected chi connectivity index (χ0v) is 31.4. The van der Waals surface area contributed by atoms with Crippen molar-refractivity contribution in [3.63, 3.8) is 0 Å². The average Bonchev–Trinajstić information content (AvgIpc) is 3.48. The highest BCUT2D eigenvalue weighted by atomic mass is 35.5. The van der Waals surface area contributed by atoms with Gasteiger partial charge in [-0.3, -0.25) is 28.9 Å². The van der Waals surface area contributed by atoms with Crippen LogP contribution in [-0.2, 0) is 16.6 Å². The Morgan fingerprint density at radius 3 is 2.57 bits per heavy atom. The third-order valence-corrected chi connectivity index (χ3v) is 11.5. The van der Waals surface area contributed by atoms with Crippen molar-refractivity contribution >= 4 is 62.8 Å². The van der Waals surface area contributed by atoms with E-state index < -0.39 is 12.1 Å². The van der Waals surface area contributed by atoms with Crippen LogP contribution in [0.3, 0.4) is 0 Å². The lowest BCUT2D eigenvalue weighted by Crippen LogP contribution is -2.47. The van der Waals surface area contributed by atoms with Gasteiger partial charge < -0.3 is 15.1 Å². The van der Waals surface area contributed by atoms with Crippen LogP contribution in [0.5, 0.6) is 0 Å². The number of aryl methyl sites for hydroxylation is 1. The molecule has 0 radical (unpaired) electrons. The summed E-state index contributed by atoms with van der Waals surface area (Å²) in [5.74, 6) is 0.200. The Morgan fingerprint density at radius 1 is 1.00 bits per heavy atom. The molecule has 3 aliphatic heterocycles. The second-order valence-electron chi connectivity index (χ2n) is 15.1. The van der Waals surface area contributed by atoms with Gasteiger partial charge in [-0.1, -0.05) is 23.7 Å². The van der Waals surface area contributed by atoms with Crippen LogP contribution >= 0.6 is 11.6 Å². The Labute approximate surface area is 316 Å². The number of nitrogens with one attached hydrogen (secondary N) is 2. The van der Waals surface area contributed by atoms with Crippen molar-refractivity contribution in [2.75, 3.05) is 42.9 Å². The smallest absolute Gasteiger partial charge is 0.252 e. The van der Waals surface area contributed by atoms with Gasteiger partial charge in [0.2, 0.25) is 17.8 Å². The number of carbonyl (C=O) groups excluding carboxylic acids is 2. The lowest BCUT2D eigenvalue weighted by atomic mass is 9.87. The quantitative estimate of drug-likeness (QED) is 0.192. The highest BCUT2D eigenvalue weighted by Gasteiger charge is 2.34. The summed E-state index contributed by atoms with van der Waals surface area (Å²) < 4.78 is 19.3. The molecule has 5 aromatic rings. The second-order valence-corrected chi connectivity index (χ2v) is 15.5. The lowest BCUT2D eigenvalue weighted by Gasteiger charge is -2.39. The number of hydrogen-bond donors (Lipinski definition) is 2. The summed E-state index contributed by atoms with van der Waals surface area (Å²) in [6, 6.07) is 11.6. The van der Waals surface area contributed by atoms with Gasteiger partial charge in [0.15, 0.2) is 5.82 Å². The van der Waals surface area contributed by atoms with Gasteiger partial charge in [-0.15, -0.1) is 0 Å². The molecule has 13 nitrogen and oxygen atoms in total. The van der Waals surface area contributed by atoms with E-state index in [-0.39, 0.29) is 35.9 Å². The highest BCUT2D eigenvalue weighted by molar-refractivity contribution is 6.32. The normalized spacial score (nSPS) is 21.7. The molecule has 2 amide bonds. The second kappa shape index (κ2) is 14.7. The van der Waals surface area contributed by atoms with Gasteiger partial charge in [-0.2, -0.15) is 10.1 Å². The number of imide groups is 1. The number of rotatable bonds is 8. The van der Waals surface area contributed by atoms with Crippen molar-refractivity contribution < 1.29 is 14.0 Å². The zero-order chi connectivity index (χ0) is 37.7. The molecule has 282 valence electrons. The number of piperidine rings is 3. The monoisotopic (exact) mass is 754 g/mol. The zero-order valence-electron chi connectivity index (χ0n) is 30.6. The van der Waals surface area contributed by atoms with E-state index in [4.69, 9.17) is 16.7 Å². The first kappa shape index (κ1) is 36.0. The molecule has 0 saturated carbocycles. The number of nitrogens with zero attached hydrogens (tertiary/aromatic N) is 8. The van der Waals surface area contributed by atoms with E-state index in [0.29, 0.717) is 66.4 Å². The van der Waals surface area contributed by atoms with Crippen LogP contribution < -0.4 is 21.1 Å². The van der Waals surface area contributed by atoms with Gasteiger partial charge in [0.1, 0.15) is 16.8 Å². The third-order valence-electron chi connectivity index (χ3n) is 11.3. The molecule has 7 heterocycles. The van der Waals surface area contributed by atoms with Gasteiger partial charge in [0, 0.05) is 55.4 Å². The molecule has 0 spiro atoms. The van der Waals surface area contributed by atoms with Crippen LogP contribution in [0.2, 0.25) is 5.02 Å². The number of fused-ring (bicyclic) bond motifs is 2. The maximum absolute atomic E-state index is 15.8. The molecule has 8 rings (SSSR count). The van der Waals surface area contributed by atoms with E-state index >= 15 is 4.39 Å². The van der Waals surface area contributed by atoms with Gasteiger partial charge in [0.25, 0.3) is 5.56 Å². The molecule has 15 heteroatoms. The molecule has 1 unspecified atom stereocenters.